The van der Waals surface area contributed by atoms with Gasteiger partial charge in [0.05, 0.1) is 27.9 Å². The minimum atomic E-state index is -1.19. The molecule has 0 aromatic heterocycles. The van der Waals surface area contributed by atoms with Crippen molar-refractivity contribution in [3.63, 3.8) is 0 Å². The summed E-state index contributed by atoms with van der Waals surface area (Å²) in [4.78, 5) is 25.3. The summed E-state index contributed by atoms with van der Waals surface area (Å²) in [6.07, 6.45) is 2.15. The van der Waals surface area contributed by atoms with Crippen molar-refractivity contribution < 1.29 is 18.6 Å². The molecule has 2 aromatic carbocycles. The zero-order valence-corrected chi connectivity index (χ0v) is 21.0. The van der Waals surface area contributed by atoms with Gasteiger partial charge in [0.15, 0.2) is 0 Å². The minimum Gasteiger partial charge on any atom is -0.435 e. The lowest BCUT2D eigenvalue weighted by Gasteiger charge is -2.37. The van der Waals surface area contributed by atoms with Crippen LogP contribution in [0.1, 0.15) is 28.8 Å². The van der Waals surface area contributed by atoms with E-state index in [1.54, 1.807) is 6.07 Å². The van der Waals surface area contributed by atoms with E-state index in [4.69, 9.17) is 43.4 Å². The summed E-state index contributed by atoms with van der Waals surface area (Å²) in [6.45, 7) is 1.88. The molecule has 2 aliphatic heterocycles. The van der Waals surface area contributed by atoms with Crippen LogP contribution >= 0.6 is 31.7 Å². The van der Waals surface area contributed by atoms with Gasteiger partial charge >= 0.3 is 8.53 Å². The second-order valence-electron chi connectivity index (χ2n) is 7.93. The fourth-order valence-electron chi connectivity index (χ4n) is 3.73. The molecule has 4 rings (SSSR count). The molecule has 2 aliphatic rings. The molecule has 5 N–H and O–H groups in total. The van der Waals surface area contributed by atoms with Crippen molar-refractivity contribution in [2.24, 2.45) is 5.73 Å². The lowest BCUT2D eigenvalue weighted by Crippen LogP contribution is -2.45. The largest absolute Gasteiger partial charge is 0.435 e. The zero-order valence-electron chi connectivity index (χ0n) is 18.6. The number of hydrogen-bond acceptors (Lipinski definition) is 7. The van der Waals surface area contributed by atoms with Crippen molar-refractivity contribution in [2.45, 2.75) is 25.5 Å². The van der Waals surface area contributed by atoms with E-state index in [1.807, 2.05) is 24.3 Å². The van der Waals surface area contributed by atoms with Crippen LogP contribution in [-0.2, 0) is 15.9 Å². The molecule has 2 heterocycles. The van der Waals surface area contributed by atoms with Gasteiger partial charge in [0.25, 0.3) is 11.8 Å². The van der Waals surface area contributed by atoms with Gasteiger partial charge in [-0.25, -0.2) is 4.67 Å². The standard InChI is InChI=1S/C23H24Cl2N5O4P/c24-16-5-3-6-17(25)20(16)22(31)29-18(12-26)21(27)23(32)28-15-8-10-30(11-9-15)35-33-13-14-4-1-2-7-19(14)34-35/h1-7,12,15,26H,8-11,13,27H2,(H,28,32)(H,29,31)/b21-18+,26-12?. The number of allylic oxidation sites excluding steroid dienone is 1. The third-order valence-corrected chi connectivity index (χ3v) is 7.83. The van der Waals surface area contributed by atoms with Crippen LogP contribution in [0.25, 0.3) is 0 Å². The highest BCUT2D eigenvalue weighted by atomic mass is 35.5. The molecular weight excluding hydrogens is 512 g/mol. The fraction of sp³-hybridized carbons (Fsp3) is 0.261. The van der Waals surface area contributed by atoms with E-state index in [0.29, 0.717) is 32.5 Å². The predicted octanol–water partition coefficient (Wildman–Crippen LogP) is 3.96. The van der Waals surface area contributed by atoms with Gasteiger partial charge in [-0.05, 0) is 31.0 Å². The van der Waals surface area contributed by atoms with Crippen molar-refractivity contribution in [3.8, 4) is 5.75 Å². The number of hydrogen-bond donors (Lipinski definition) is 4. The number of nitrogens with two attached hydrogens (primary N) is 1. The quantitative estimate of drug-likeness (QED) is 0.251. The molecule has 2 aromatic rings. The van der Waals surface area contributed by atoms with Crippen LogP contribution in [0.15, 0.2) is 53.9 Å². The number of rotatable bonds is 6. The van der Waals surface area contributed by atoms with E-state index in [0.717, 1.165) is 17.5 Å². The van der Waals surface area contributed by atoms with Crippen LogP contribution < -0.4 is 20.9 Å². The van der Waals surface area contributed by atoms with Crippen LogP contribution in [0.2, 0.25) is 10.0 Å². The Kier molecular flexibility index (Phi) is 8.26. The molecule has 1 fully saturated rings. The van der Waals surface area contributed by atoms with E-state index >= 15 is 0 Å². The number of carbonyl (C=O) groups is 2. The normalized spacial score (nSPS) is 19.1. The summed E-state index contributed by atoms with van der Waals surface area (Å²) >= 11 is 12.1. The van der Waals surface area contributed by atoms with Gasteiger partial charge in [0.2, 0.25) is 0 Å². The second kappa shape index (κ2) is 11.4. The molecule has 9 nitrogen and oxygen atoms in total. The van der Waals surface area contributed by atoms with Gasteiger partial charge in [-0.2, -0.15) is 0 Å². The molecule has 0 spiro atoms. The average molecular weight is 536 g/mol. The number of fused-ring (bicyclic) bond motifs is 1. The summed E-state index contributed by atoms with van der Waals surface area (Å²) in [7, 11) is -1.19. The maximum Gasteiger partial charge on any atom is 0.321 e. The number of piperidine rings is 1. The van der Waals surface area contributed by atoms with Crippen LogP contribution in [0.5, 0.6) is 5.75 Å². The molecular formula is C23H24Cl2N5O4P. The highest BCUT2D eigenvalue weighted by molar-refractivity contribution is 7.45. The molecule has 1 saturated heterocycles. The Morgan fingerprint density at radius 1 is 1.11 bits per heavy atom. The van der Waals surface area contributed by atoms with E-state index in [-0.39, 0.29) is 33.0 Å². The van der Waals surface area contributed by atoms with Gasteiger partial charge in [0, 0.05) is 30.9 Å². The number of para-hydroxylation sites is 1. The van der Waals surface area contributed by atoms with E-state index in [2.05, 4.69) is 15.3 Å². The molecule has 0 saturated carbocycles. The fourth-order valence-corrected chi connectivity index (χ4v) is 5.78. The molecule has 0 radical (unpaired) electrons. The Hall–Kier alpha value is -2.68. The Balaban J connectivity index is 1.33. The Morgan fingerprint density at radius 2 is 1.80 bits per heavy atom. The van der Waals surface area contributed by atoms with Crippen molar-refractivity contribution in [3.05, 3.63) is 75.0 Å². The molecule has 0 aliphatic carbocycles. The maximum absolute atomic E-state index is 12.7. The topological polar surface area (TPSA) is 130 Å². The van der Waals surface area contributed by atoms with E-state index < -0.39 is 20.3 Å². The lowest BCUT2D eigenvalue weighted by molar-refractivity contribution is -0.118. The number of benzene rings is 2. The Morgan fingerprint density at radius 3 is 2.49 bits per heavy atom. The minimum absolute atomic E-state index is 0.0347. The van der Waals surface area contributed by atoms with Gasteiger partial charge in [-0.15, -0.1) is 0 Å². The first-order valence-electron chi connectivity index (χ1n) is 10.9. The van der Waals surface area contributed by atoms with Gasteiger partial charge in [-0.1, -0.05) is 47.5 Å². The van der Waals surface area contributed by atoms with Crippen LogP contribution in [0.3, 0.4) is 0 Å². The van der Waals surface area contributed by atoms with Crippen LogP contribution in [-0.4, -0.2) is 41.8 Å². The third kappa shape index (κ3) is 5.94. The summed E-state index contributed by atoms with van der Waals surface area (Å²) in [5.41, 5.74) is 6.61. The highest BCUT2D eigenvalue weighted by Crippen LogP contribution is 2.49. The predicted molar refractivity (Wildman–Crippen MR) is 135 cm³/mol. The second-order valence-corrected chi connectivity index (χ2v) is 10.2. The van der Waals surface area contributed by atoms with E-state index in [9.17, 15) is 9.59 Å². The third-order valence-electron chi connectivity index (χ3n) is 5.63. The molecule has 12 heteroatoms. The van der Waals surface area contributed by atoms with E-state index in [1.165, 1.54) is 12.1 Å². The Bertz CT molecular complexity index is 1150. The van der Waals surface area contributed by atoms with Crippen LogP contribution in [0, 0.1) is 5.41 Å². The summed E-state index contributed by atoms with van der Waals surface area (Å²) in [6, 6.07) is 12.3. The first-order chi connectivity index (χ1) is 16.9. The summed E-state index contributed by atoms with van der Waals surface area (Å²) in [5.74, 6) is -0.394. The number of carbonyl (C=O) groups excluding carboxylic acids is 2. The van der Waals surface area contributed by atoms with Crippen LogP contribution in [0.4, 0.5) is 0 Å². The van der Waals surface area contributed by atoms with Crippen molar-refractivity contribution in [2.75, 3.05) is 13.1 Å². The monoisotopic (exact) mass is 535 g/mol. The molecule has 1 unspecified atom stereocenters. The lowest BCUT2D eigenvalue weighted by atomic mass is 10.1. The number of amides is 2. The number of nitrogens with one attached hydrogen (secondary N) is 3. The van der Waals surface area contributed by atoms with Crippen molar-refractivity contribution in [1.82, 2.24) is 15.3 Å². The SMILES string of the molecule is N=C/C(NC(=O)c1c(Cl)cccc1Cl)=C(\N)C(=O)NC1CCN(P2OCc3ccccc3O2)CC1. The molecule has 35 heavy (non-hydrogen) atoms. The van der Waals surface area contributed by atoms with Gasteiger partial charge in [0.1, 0.15) is 11.4 Å². The van der Waals surface area contributed by atoms with Gasteiger partial charge in [-0.3, -0.25) is 9.59 Å². The summed E-state index contributed by atoms with van der Waals surface area (Å²) < 4.78 is 14.1. The first kappa shape index (κ1) is 25.4. The number of halogens is 2. The van der Waals surface area contributed by atoms with Gasteiger partial charge < -0.3 is 30.8 Å². The summed E-state index contributed by atoms with van der Waals surface area (Å²) in [5, 5.41) is 13.2. The zero-order chi connectivity index (χ0) is 24.9. The first-order valence-corrected chi connectivity index (χ1v) is 12.8. The molecule has 2 amide bonds. The van der Waals surface area contributed by atoms with Crippen molar-refractivity contribution in [1.29, 1.82) is 5.41 Å². The maximum atomic E-state index is 12.7. The smallest absolute Gasteiger partial charge is 0.321 e. The highest BCUT2D eigenvalue weighted by Gasteiger charge is 2.32. The molecule has 0 bridgehead atoms. The Labute approximate surface area is 214 Å². The van der Waals surface area contributed by atoms with Crippen molar-refractivity contribution >= 4 is 49.8 Å². The average Bonchev–Trinajstić information content (AvgIpc) is 2.87. The molecule has 184 valence electrons. The number of nitrogens with zero attached hydrogens (tertiary/aromatic N) is 1. The molecule has 1 atom stereocenters.